The van der Waals surface area contributed by atoms with E-state index in [1.165, 1.54) is 24.3 Å². The third-order valence-corrected chi connectivity index (χ3v) is 1.92. The summed E-state index contributed by atoms with van der Waals surface area (Å²) >= 11 is 0. The fraction of sp³-hybridized carbons (Fsp3) is 0.167. The van der Waals surface area contributed by atoms with Crippen molar-refractivity contribution >= 4 is 11.9 Å². The van der Waals surface area contributed by atoms with E-state index in [9.17, 15) is 9.59 Å². The van der Waals surface area contributed by atoms with Crippen LogP contribution in [0.2, 0.25) is 0 Å². The topological polar surface area (TPSA) is 69.4 Å². The van der Waals surface area contributed by atoms with Gasteiger partial charge in [0.05, 0.1) is 5.56 Å². The number of rotatable bonds is 3. The lowest BCUT2D eigenvalue weighted by Crippen LogP contribution is -2.14. The van der Waals surface area contributed by atoms with Gasteiger partial charge >= 0.3 is 5.97 Å². The van der Waals surface area contributed by atoms with Crippen molar-refractivity contribution in [1.82, 2.24) is 0 Å². The molecule has 0 saturated heterocycles. The predicted octanol–water partition coefficient (Wildman–Crippen LogP) is 0.964. The van der Waals surface area contributed by atoms with Gasteiger partial charge in [-0.15, -0.1) is 6.42 Å². The SMILES string of the molecule is C#CC(C)OC(=O)c1ccc(C(N)=O)cc1. The highest BCUT2D eigenvalue weighted by Gasteiger charge is 2.10. The van der Waals surface area contributed by atoms with Crippen LogP contribution in [0, 0.1) is 12.3 Å². The summed E-state index contributed by atoms with van der Waals surface area (Å²) in [4.78, 5) is 22.2. The van der Waals surface area contributed by atoms with Gasteiger partial charge in [0, 0.05) is 5.56 Å². The summed E-state index contributed by atoms with van der Waals surface area (Å²) in [6.07, 6.45) is 4.49. The molecule has 0 fully saturated rings. The Balaban J connectivity index is 2.79. The Labute approximate surface area is 93.4 Å². The molecule has 0 radical (unpaired) electrons. The number of carbonyl (C=O) groups is 2. The van der Waals surface area contributed by atoms with Crippen molar-refractivity contribution < 1.29 is 14.3 Å². The normalized spacial score (nSPS) is 11.2. The Hall–Kier alpha value is -2.28. The van der Waals surface area contributed by atoms with Crippen LogP contribution >= 0.6 is 0 Å². The molecule has 0 aromatic heterocycles. The number of hydrogen-bond donors (Lipinski definition) is 1. The van der Waals surface area contributed by atoms with Crippen LogP contribution in [0.3, 0.4) is 0 Å². The first-order valence-corrected chi connectivity index (χ1v) is 4.61. The number of ether oxygens (including phenoxy) is 1. The van der Waals surface area contributed by atoms with Gasteiger partial charge in [-0.3, -0.25) is 4.79 Å². The first-order valence-electron chi connectivity index (χ1n) is 4.61. The van der Waals surface area contributed by atoms with E-state index in [2.05, 4.69) is 5.92 Å². The summed E-state index contributed by atoms with van der Waals surface area (Å²) in [7, 11) is 0. The van der Waals surface area contributed by atoms with Crippen LogP contribution in [0.5, 0.6) is 0 Å². The Morgan fingerprint density at radius 3 is 2.25 bits per heavy atom. The van der Waals surface area contributed by atoms with Crippen LogP contribution in [0.4, 0.5) is 0 Å². The number of esters is 1. The fourth-order valence-electron chi connectivity index (χ4n) is 1.03. The Kier molecular flexibility index (Phi) is 3.67. The molecule has 1 unspecified atom stereocenters. The van der Waals surface area contributed by atoms with Gasteiger partial charge in [-0.1, -0.05) is 5.92 Å². The number of benzene rings is 1. The minimum Gasteiger partial charge on any atom is -0.446 e. The van der Waals surface area contributed by atoms with Crippen molar-refractivity contribution in [1.29, 1.82) is 0 Å². The van der Waals surface area contributed by atoms with Crippen LogP contribution in [-0.2, 0) is 4.74 Å². The quantitative estimate of drug-likeness (QED) is 0.605. The molecule has 0 aliphatic heterocycles. The van der Waals surface area contributed by atoms with E-state index in [-0.39, 0.29) is 0 Å². The van der Waals surface area contributed by atoms with E-state index < -0.39 is 18.0 Å². The zero-order valence-electron chi connectivity index (χ0n) is 8.77. The lowest BCUT2D eigenvalue weighted by atomic mass is 10.1. The molecule has 0 spiro atoms. The molecule has 4 nitrogen and oxygen atoms in total. The lowest BCUT2D eigenvalue weighted by molar-refractivity contribution is 0.0438. The summed E-state index contributed by atoms with van der Waals surface area (Å²) in [6, 6.07) is 5.84. The highest BCUT2D eigenvalue weighted by atomic mass is 16.5. The second kappa shape index (κ2) is 4.99. The number of primary amides is 1. The van der Waals surface area contributed by atoms with Crippen LogP contribution in [0.15, 0.2) is 24.3 Å². The van der Waals surface area contributed by atoms with Crippen molar-refractivity contribution in [3.05, 3.63) is 35.4 Å². The molecule has 4 heteroatoms. The summed E-state index contributed by atoms with van der Waals surface area (Å²) < 4.78 is 4.89. The average Bonchev–Trinajstić information content (AvgIpc) is 2.28. The van der Waals surface area contributed by atoms with Gasteiger partial charge in [-0.25, -0.2) is 4.79 Å². The molecule has 1 aromatic rings. The molecule has 1 atom stereocenters. The van der Waals surface area contributed by atoms with E-state index in [0.717, 1.165) is 0 Å². The van der Waals surface area contributed by atoms with E-state index in [1.54, 1.807) is 6.92 Å². The van der Waals surface area contributed by atoms with Gasteiger partial charge < -0.3 is 10.5 Å². The summed E-state index contributed by atoms with van der Waals surface area (Å²) in [6.45, 7) is 1.59. The highest BCUT2D eigenvalue weighted by Crippen LogP contribution is 2.06. The molecule has 2 N–H and O–H groups in total. The molecule has 1 amide bonds. The maximum absolute atomic E-state index is 11.5. The molecule has 0 saturated carbocycles. The zero-order valence-corrected chi connectivity index (χ0v) is 8.77. The monoisotopic (exact) mass is 217 g/mol. The zero-order chi connectivity index (χ0) is 12.1. The minimum atomic E-state index is -0.580. The molecule has 0 aliphatic carbocycles. The number of terminal acetylenes is 1. The van der Waals surface area contributed by atoms with Gasteiger partial charge in [-0.05, 0) is 31.2 Å². The van der Waals surface area contributed by atoms with Crippen molar-refractivity contribution in [2.45, 2.75) is 13.0 Å². The molecule has 0 bridgehead atoms. The predicted molar refractivity (Wildman–Crippen MR) is 58.7 cm³/mol. The Bertz CT molecular complexity index is 442. The molecule has 1 rings (SSSR count). The van der Waals surface area contributed by atoms with Gasteiger partial charge in [0.15, 0.2) is 6.10 Å². The van der Waals surface area contributed by atoms with Crippen molar-refractivity contribution in [3.8, 4) is 12.3 Å². The second-order valence-electron chi connectivity index (χ2n) is 3.16. The third-order valence-electron chi connectivity index (χ3n) is 1.92. The highest BCUT2D eigenvalue weighted by molar-refractivity contribution is 5.95. The van der Waals surface area contributed by atoms with E-state index in [0.29, 0.717) is 11.1 Å². The summed E-state index contributed by atoms with van der Waals surface area (Å²) in [5.41, 5.74) is 5.72. The molecule has 0 aliphatic rings. The first kappa shape index (κ1) is 11.8. The maximum Gasteiger partial charge on any atom is 0.339 e. The number of carbonyl (C=O) groups excluding carboxylic acids is 2. The first-order chi connectivity index (χ1) is 7.54. The van der Waals surface area contributed by atoms with Crippen LogP contribution in [-0.4, -0.2) is 18.0 Å². The minimum absolute atomic E-state index is 0.326. The summed E-state index contributed by atoms with van der Waals surface area (Å²) in [5.74, 6) is 1.21. The van der Waals surface area contributed by atoms with Gasteiger partial charge in [0.25, 0.3) is 0 Å². The number of hydrogen-bond acceptors (Lipinski definition) is 3. The standard InChI is InChI=1S/C12H11NO3/c1-3-8(2)16-12(15)10-6-4-9(5-7-10)11(13)14/h1,4-8H,2H3,(H2,13,14). The molecule has 0 heterocycles. The van der Waals surface area contributed by atoms with Crippen molar-refractivity contribution in [3.63, 3.8) is 0 Å². The van der Waals surface area contributed by atoms with Crippen LogP contribution < -0.4 is 5.73 Å². The van der Waals surface area contributed by atoms with E-state index in [1.807, 2.05) is 0 Å². The molecular weight excluding hydrogens is 206 g/mol. The van der Waals surface area contributed by atoms with Gasteiger partial charge in [0.1, 0.15) is 0 Å². The number of nitrogens with two attached hydrogens (primary N) is 1. The Morgan fingerprint density at radius 2 is 1.81 bits per heavy atom. The second-order valence-corrected chi connectivity index (χ2v) is 3.16. The molecule has 82 valence electrons. The maximum atomic E-state index is 11.5. The van der Waals surface area contributed by atoms with Crippen molar-refractivity contribution in [2.75, 3.05) is 0 Å². The van der Waals surface area contributed by atoms with Gasteiger partial charge in [0.2, 0.25) is 5.91 Å². The Morgan fingerprint density at radius 1 is 1.31 bits per heavy atom. The average molecular weight is 217 g/mol. The fourth-order valence-corrected chi connectivity index (χ4v) is 1.03. The van der Waals surface area contributed by atoms with Crippen LogP contribution in [0.25, 0.3) is 0 Å². The van der Waals surface area contributed by atoms with E-state index >= 15 is 0 Å². The van der Waals surface area contributed by atoms with E-state index in [4.69, 9.17) is 16.9 Å². The number of amides is 1. The van der Waals surface area contributed by atoms with Crippen LogP contribution in [0.1, 0.15) is 27.6 Å². The molecular formula is C12H11NO3. The smallest absolute Gasteiger partial charge is 0.339 e. The van der Waals surface area contributed by atoms with Crippen molar-refractivity contribution in [2.24, 2.45) is 5.73 Å². The molecule has 1 aromatic carbocycles. The lowest BCUT2D eigenvalue weighted by Gasteiger charge is -2.07. The molecule has 16 heavy (non-hydrogen) atoms. The van der Waals surface area contributed by atoms with Gasteiger partial charge in [-0.2, -0.15) is 0 Å². The largest absolute Gasteiger partial charge is 0.446 e. The third kappa shape index (κ3) is 2.85. The summed E-state index contributed by atoms with van der Waals surface area (Å²) in [5, 5.41) is 0.